The summed E-state index contributed by atoms with van der Waals surface area (Å²) >= 11 is 0. The maximum atomic E-state index is 13.5. The third kappa shape index (κ3) is 2.57. The second-order valence-electron chi connectivity index (χ2n) is 5.43. The first-order valence-corrected chi connectivity index (χ1v) is 7.44. The minimum Gasteiger partial charge on any atom is -0.384 e. The molecule has 3 N–H and O–H groups in total. The number of imidazole rings is 1. The Hall–Kier alpha value is -2.74. The Morgan fingerprint density at radius 3 is 2.83 bits per heavy atom. The van der Waals surface area contributed by atoms with Gasteiger partial charge in [0.25, 0.3) is 0 Å². The van der Waals surface area contributed by atoms with Crippen molar-refractivity contribution in [1.29, 1.82) is 0 Å². The monoisotopic (exact) mass is 313 g/mol. The van der Waals surface area contributed by atoms with Crippen molar-refractivity contribution in [2.24, 2.45) is 0 Å². The second kappa shape index (κ2) is 5.47. The van der Waals surface area contributed by atoms with Gasteiger partial charge >= 0.3 is 0 Å². The molecule has 1 saturated heterocycles. The van der Waals surface area contributed by atoms with Crippen molar-refractivity contribution in [3.8, 4) is 11.5 Å². The number of pyridine rings is 1. The fraction of sp³-hybridized carbons (Fsp3) is 0.267. The summed E-state index contributed by atoms with van der Waals surface area (Å²) in [6.07, 6.45) is 3.00. The van der Waals surface area contributed by atoms with Crippen LogP contribution in [0.1, 0.15) is 0 Å². The van der Waals surface area contributed by atoms with E-state index in [1.807, 2.05) is 0 Å². The molecule has 0 spiro atoms. The summed E-state index contributed by atoms with van der Waals surface area (Å²) < 4.78 is 15.2. The third-order valence-electron chi connectivity index (χ3n) is 3.87. The molecule has 23 heavy (non-hydrogen) atoms. The van der Waals surface area contributed by atoms with Gasteiger partial charge in [-0.3, -0.25) is 4.40 Å². The van der Waals surface area contributed by atoms with E-state index in [2.05, 4.69) is 25.2 Å². The van der Waals surface area contributed by atoms with Crippen LogP contribution in [0.5, 0.6) is 0 Å². The van der Waals surface area contributed by atoms with Gasteiger partial charge in [-0.2, -0.15) is 0 Å². The van der Waals surface area contributed by atoms with Crippen LogP contribution >= 0.6 is 0 Å². The molecule has 1 aliphatic rings. The minimum atomic E-state index is -0.344. The van der Waals surface area contributed by atoms with E-state index in [9.17, 15) is 4.39 Å². The van der Waals surface area contributed by atoms with Crippen LogP contribution in [0.2, 0.25) is 0 Å². The molecule has 0 bridgehead atoms. The average molecular weight is 313 g/mol. The molecule has 3 aromatic heterocycles. The number of hydrogen-bond acceptors (Lipinski definition) is 6. The lowest BCUT2D eigenvalue weighted by Gasteiger charge is -2.28. The third-order valence-corrected chi connectivity index (χ3v) is 3.87. The molecule has 3 aromatic rings. The van der Waals surface area contributed by atoms with Crippen molar-refractivity contribution in [2.75, 3.05) is 36.8 Å². The largest absolute Gasteiger partial charge is 0.384 e. The van der Waals surface area contributed by atoms with E-state index in [1.165, 1.54) is 12.3 Å². The molecule has 0 radical (unpaired) electrons. The standard InChI is InChI=1S/C15H16FN7/c16-10-1-2-13-19-8-11(23(13)9-10)15-20-12(17)7-14(21-15)22-5-3-18-4-6-22/h1-2,7-9,18H,3-6H2,(H2,17,20,21). The molecule has 0 unspecified atom stereocenters. The Morgan fingerprint density at radius 2 is 2.00 bits per heavy atom. The predicted octanol–water partition coefficient (Wildman–Crippen LogP) is 0.922. The molecule has 1 fully saturated rings. The number of anilines is 2. The number of hydrogen-bond donors (Lipinski definition) is 2. The molecule has 0 aromatic carbocycles. The Kier molecular flexibility index (Phi) is 3.30. The fourth-order valence-electron chi connectivity index (χ4n) is 2.74. The van der Waals surface area contributed by atoms with Crippen LogP contribution in [0.3, 0.4) is 0 Å². The van der Waals surface area contributed by atoms with Crippen molar-refractivity contribution in [1.82, 2.24) is 24.7 Å². The smallest absolute Gasteiger partial charge is 0.182 e. The molecule has 0 saturated carbocycles. The molecular weight excluding hydrogens is 297 g/mol. The number of nitrogens with one attached hydrogen (secondary N) is 1. The zero-order valence-electron chi connectivity index (χ0n) is 12.4. The highest BCUT2D eigenvalue weighted by atomic mass is 19.1. The number of halogens is 1. The maximum Gasteiger partial charge on any atom is 0.182 e. The number of rotatable bonds is 2. The number of nitrogen functional groups attached to an aromatic ring is 1. The molecule has 0 atom stereocenters. The highest BCUT2D eigenvalue weighted by Crippen LogP contribution is 2.22. The van der Waals surface area contributed by atoms with Crippen molar-refractivity contribution in [2.45, 2.75) is 0 Å². The van der Waals surface area contributed by atoms with Gasteiger partial charge in [-0.15, -0.1) is 0 Å². The highest BCUT2D eigenvalue weighted by molar-refractivity contribution is 5.61. The molecule has 0 amide bonds. The molecule has 4 rings (SSSR count). The Labute approximate surface area is 132 Å². The first-order chi connectivity index (χ1) is 11.2. The number of nitrogens with two attached hydrogens (primary N) is 1. The van der Waals surface area contributed by atoms with Gasteiger partial charge in [0.2, 0.25) is 0 Å². The highest BCUT2D eigenvalue weighted by Gasteiger charge is 2.16. The molecule has 4 heterocycles. The van der Waals surface area contributed by atoms with Crippen LogP contribution < -0.4 is 16.0 Å². The Balaban J connectivity index is 1.81. The second-order valence-corrected chi connectivity index (χ2v) is 5.43. The van der Waals surface area contributed by atoms with E-state index in [0.29, 0.717) is 23.0 Å². The van der Waals surface area contributed by atoms with Crippen LogP contribution in [0.4, 0.5) is 16.0 Å². The van der Waals surface area contributed by atoms with E-state index < -0.39 is 0 Å². The SMILES string of the molecule is Nc1cc(N2CCNCC2)nc(-c2cnc3ccc(F)cn23)n1. The van der Waals surface area contributed by atoms with Gasteiger partial charge in [-0.05, 0) is 12.1 Å². The van der Waals surface area contributed by atoms with Gasteiger partial charge < -0.3 is 16.0 Å². The van der Waals surface area contributed by atoms with Crippen molar-refractivity contribution in [3.63, 3.8) is 0 Å². The van der Waals surface area contributed by atoms with Gasteiger partial charge in [-0.1, -0.05) is 0 Å². The normalized spacial score (nSPS) is 15.3. The Morgan fingerprint density at radius 1 is 1.17 bits per heavy atom. The summed E-state index contributed by atoms with van der Waals surface area (Å²) in [6.45, 7) is 3.52. The van der Waals surface area contributed by atoms with Crippen LogP contribution in [0, 0.1) is 5.82 Å². The van der Waals surface area contributed by atoms with Crippen molar-refractivity contribution in [3.05, 3.63) is 36.4 Å². The summed E-state index contributed by atoms with van der Waals surface area (Å²) in [5.74, 6) is 1.26. The Bertz CT molecular complexity index is 854. The summed E-state index contributed by atoms with van der Waals surface area (Å²) in [6, 6.07) is 4.75. The molecule has 118 valence electrons. The van der Waals surface area contributed by atoms with Crippen LogP contribution in [-0.4, -0.2) is 45.5 Å². The van der Waals surface area contributed by atoms with Crippen LogP contribution in [-0.2, 0) is 0 Å². The van der Waals surface area contributed by atoms with E-state index in [4.69, 9.17) is 5.73 Å². The predicted molar refractivity (Wildman–Crippen MR) is 85.7 cm³/mol. The zero-order valence-corrected chi connectivity index (χ0v) is 12.4. The molecule has 8 heteroatoms. The molecule has 7 nitrogen and oxygen atoms in total. The topological polar surface area (TPSA) is 84.4 Å². The summed E-state index contributed by atoms with van der Waals surface area (Å²) in [5, 5.41) is 3.30. The van der Waals surface area contributed by atoms with Gasteiger partial charge in [0.05, 0.1) is 6.20 Å². The lowest BCUT2D eigenvalue weighted by molar-refractivity contribution is 0.585. The summed E-state index contributed by atoms with van der Waals surface area (Å²) in [7, 11) is 0. The number of nitrogens with zero attached hydrogens (tertiary/aromatic N) is 5. The average Bonchev–Trinajstić information content (AvgIpc) is 2.98. The van der Waals surface area contributed by atoms with E-state index in [-0.39, 0.29) is 5.82 Å². The van der Waals surface area contributed by atoms with Crippen molar-refractivity contribution >= 4 is 17.3 Å². The first kappa shape index (κ1) is 13.9. The maximum absolute atomic E-state index is 13.5. The first-order valence-electron chi connectivity index (χ1n) is 7.44. The van der Waals surface area contributed by atoms with E-state index in [0.717, 1.165) is 32.0 Å². The number of fused-ring (bicyclic) bond motifs is 1. The zero-order chi connectivity index (χ0) is 15.8. The summed E-state index contributed by atoms with van der Waals surface area (Å²) in [4.78, 5) is 15.3. The van der Waals surface area contributed by atoms with Gasteiger partial charge in [0.1, 0.15) is 28.8 Å². The minimum absolute atomic E-state index is 0.344. The van der Waals surface area contributed by atoms with Gasteiger partial charge in [-0.25, -0.2) is 19.3 Å². The number of aromatic nitrogens is 4. The van der Waals surface area contributed by atoms with E-state index in [1.54, 1.807) is 22.7 Å². The van der Waals surface area contributed by atoms with Crippen LogP contribution in [0.25, 0.3) is 17.2 Å². The molecule has 1 aliphatic heterocycles. The fourth-order valence-corrected chi connectivity index (χ4v) is 2.74. The van der Waals surface area contributed by atoms with E-state index >= 15 is 0 Å². The van der Waals surface area contributed by atoms with Gasteiger partial charge in [0.15, 0.2) is 5.82 Å². The summed E-state index contributed by atoms with van der Waals surface area (Å²) in [5.41, 5.74) is 7.20. The van der Waals surface area contributed by atoms with Crippen LogP contribution in [0.15, 0.2) is 30.6 Å². The quantitative estimate of drug-likeness (QED) is 0.732. The molecular formula is C15H16FN7. The lowest BCUT2D eigenvalue weighted by atomic mass is 10.3. The lowest BCUT2D eigenvalue weighted by Crippen LogP contribution is -2.44. The van der Waals surface area contributed by atoms with Gasteiger partial charge in [0, 0.05) is 38.4 Å². The molecule has 0 aliphatic carbocycles. The number of piperazine rings is 1. The van der Waals surface area contributed by atoms with Crippen molar-refractivity contribution < 1.29 is 4.39 Å².